The van der Waals surface area contributed by atoms with Gasteiger partial charge < -0.3 is 24.8 Å². The first-order chi connectivity index (χ1) is 14.0. The number of nitrogens with zero attached hydrogens (tertiary/aromatic N) is 1. The van der Waals surface area contributed by atoms with Gasteiger partial charge in [0, 0.05) is 16.5 Å². The van der Waals surface area contributed by atoms with Crippen LogP contribution in [0.1, 0.15) is 18.7 Å². The van der Waals surface area contributed by atoms with E-state index in [9.17, 15) is 9.59 Å². The van der Waals surface area contributed by atoms with Crippen LogP contribution in [0.15, 0.2) is 57.4 Å². The van der Waals surface area contributed by atoms with Crippen molar-refractivity contribution in [3.05, 3.63) is 58.6 Å². The van der Waals surface area contributed by atoms with Crippen molar-refractivity contribution in [3.63, 3.8) is 0 Å². The first-order valence-corrected chi connectivity index (χ1v) is 10.2. The Kier molecular flexibility index (Phi) is 5.50. The van der Waals surface area contributed by atoms with Crippen LogP contribution in [0, 0.1) is 0 Å². The Balaban J connectivity index is 1.65. The van der Waals surface area contributed by atoms with Crippen LogP contribution in [0.2, 0.25) is 5.02 Å². The van der Waals surface area contributed by atoms with E-state index in [-0.39, 0.29) is 6.61 Å². The van der Waals surface area contributed by atoms with Crippen molar-refractivity contribution in [1.29, 1.82) is 0 Å². The van der Waals surface area contributed by atoms with Gasteiger partial charge in [-0.3, -0.25) is 0 Å². The molecular weight excluding hydrogens is 416 g/mol. The van der Waals surface area contributed by atoms with Gasteiger partial charge in [0.15, 0.2) is 5.16 Å². The number of aromatic nitrogens is 2. The molecule has 0 fully saturated rings. The molecule has 0 saturated heterocycles. The highest BCUT2D eigenvalue weighted by Crippen LogP contribution is 2.31. The number of H-pyrrole nitrogens is 1. The first-order valence-electron chi connectivity index (χ1n) is 8.84. The van der Waals surface area contributed by atoms with Crippen LogP contribution in [-0.4, -0.2) is 34.3 Å². The van der Waals surface area contributed by atoms with Gasteiger partial charge in [-0.1, -0.05) is 23.4 Å². The molecular formula is C19H17ClN4O4S. The van der Waals surface area contributed by atoms with E-state index in [1.54, 1.807) is 31.2 Å². The van der Waals surface area contributed by atoms with Crippen LogP contribution in [0.3, 0.4) is 0 Å². The number of furan rings is 1. The average molecular weight is 433 g/mol. The molecule has 3 aromatic rings. The van der Waals surface area contributed by atoms with Crippen molar-refractivity contribution >= 4 is 46.4 Å². The second-order valence-corrected chi connectivity index (χ2v) is 7.55. The van der Waals surface area contributed by atoms with Crippen molar-refractivity contribution in [2.45, 2.75) is 18.1 Å². The monoisotopic (exact) mass is 432 g/mol. The fourth-order valence-corrected chi connectivity index (χ4v) is 4.04. The Labute approximate surface area is 175 Å². The van der Waals surface area contributed by atoms with Gasteiger partial charge in [0.05, 0.1) is 29.5 Å². The third-order valence-electron chi connectivity index (χ3n) is 4.25. The van der Waals surface area contributed by atoms with Crippen LogP contribution < -0.4 is 10.6 Å². The zero-order chi connectivity index (χ0) is 20.4. The minimum absolute atomic E-state index is 0.214. The molecule has 0 radical (unpaired) electrons. The number of carbonyl (C=O) groups excluding carboxylic acids is 2. The highest BCUT2D eigenvalue weighted by atomic mass is 35.5. The van der Waals surface area contributed by atoms with E-state index in [2.05, 4.69) is 20.6 Å². The zero-order valence-corrected chi connectivity index (χ0v) is 16.9. The average Bonchev–Trinajstić information content (AvgIpc) is 3.35. The molecule has 1 aliphatic heterocycles. The molecule has 8 nitrogen and oxygen atoms in total. The number of amides is 2. The molecule has 10 heteroatoms. The topological polar surface area (TPSA) is 109 Å². The molecule has 0 bridgehead atoms. The number of esters is 1. The quantitative estimate of drug-likeness (QED) is 0.404. The molecule has 0 spiro atoms. The van der Waals surface area contributed by atoms with Crippen LogP contribution in [0.25, 0.3) is 11.0 Å². The minimum Gasteiger partial charge on any atom is -0.467 e. The van der Waals surface area contributed by atoms with Gasteiger partial charge in [-0.25, -0.2) is 14.6 Å². The van der Waals surface area contributed by atoms with Crippen LogP contribution in [-0.2, 0) is 9.53 Å². The fourth-order valence-electron chi connectivity index (χ4n) is 3.02. The lowest BCUT2D eigenvalue weighted by molar-refractivity contribution is -0.139. The normalized spacial score (nSPS) is 16.6. The second kappa shape index (κ2) is 8.22. The summed E-state index contributed by atoms with van der Waals surface area (Å²) in [6.45, 7) is 1.94. The van der Waals surface area contributed by atoms with Gasteiger partial charge in [-0.2, -0.15) is 0 Å². The lowest BCUT2D eigenvalue weighted by atomic mass is 10.0. The van der Waals surface area contributed by atoms with Gasteiger partial charge in [-0.05, 0) is 37.3 Å². The maximum Gasteiger partial charge on any atom is 0.338 e. The molecule has 0 aliphatic carbocycles. The predicted molar refractivity (Wildman–Crippen MR) is 109 cm³/mol. The highest BCUT2D eigenvalue weighted by Gasteiger charge is 2.35. The molecule has 0 saturated carbocycles. The lowest BCUT2D eigenvalue weighted by Crippen LogP contribution is -2.46. The Hall–Kier alpha value is -2.91. The first kappa shape index (κ1) is 19.4. The summed E-state index contributed by atoms with van der Waals surface area (Å²) in [5.41, 5.74) is 2.33. The minimum atomic E-state index is -0.733. The molecule has 3 heterocycles. The van der Waals surface area contributed by atoms with E-state index in [0.29, 0.717) is 33.0 Å². The zero-order valence-electron chi connectivity index (χ0n) is 15.3. The number of imidazole rings is 1. The third kappa shape index (κ3) is 4.10. The molecule has 29 heavy (non-hydrogen) atoms. The van der Waals surface area contributed by atoms with Crippen LogP contribution >= 0.6 is 23.4 Å². The SMILES string of the molecule is CCOC(=O)C1=C(CSc2nc3ccc(Cl)cc3[nH]2)NC(=O)NC1c1ccco1. The number of hydrogen-bond donors (Lipinski definition) is 3. The molecule has 2 aromatic heterocycles. The largest absolute Gasteiger partial charge is 0.467 e. The fraction of sp³-hybridized carbons (Fsp3) is 0.211. The number of nitrogens with one attached hydrogen (secondary N) is 3. The number of carbonyl (C=O) groups is 2. The van der Waals surface area contributed by atoms with Gasteiger partial charge in [0.2, 0.25) is 0 Å². The van der Waals surface area contributed by atoms with Gasteiger partial charge >= 0.3 is 12.0 Å². The maximum absolute atomic E-state index is 12.7. The number of fused-ring (bicyclic) bond motifs is 1. The predicted octanol–water partition coefficient (Wildman–Crippen LogP) is 3.77. The number of rotatable bonds is 6. The molecule has 150 valence electrons. The van der Waals surface area contributed by atoms with Gasteiger partial charge in [-0.15, -0.1) is 0 Å². The number of urea groups is 1. The van der Waals surface area contributed by atoms with Crippen LogP contribution in [0.4, 0.5) is 4.79 Å². The summed E-state index contributed by atoms with van der Waals surface area (Å²) in [5.74, 6) is 0.226. The Bertz CT molecular complexity index is 1090. The number of hydrogen-bond acceptors (Lipinski definition) is 6. The molecule has 1 aromatic carbocycles. The third-order valence-corrected chi connectivity index (χ3v) is 5.39. The molecule has 3 N–H and O–H groups in total. The van der Waals surface area contributed by atoms with E-state index in [1.165, 1.54) is 18.0 Å². The summed E-state index contributed by atoms with van der Waals surface area (Å²) >= 11 is 7.37. The lowest BCUT2D eigenvalue weighted by Gasteiger charge is -2.27. The Morgan fingerprint density at radius 2 is 2.24 bits per heavy atom. The molecule has 1 aliphatic rings. The highest BCUT2D eigenvalue weighted by molar-refractivity contribution is 7.99. The standard InChI is InChI=1S/C19H17ClN4O4S/c1-2-27-17(25)15-13(21-18(26)24-16(15)14-4-3-7-28-14)9-29-19-22-11-6-5-10(20)8-12(11)23-19/h3-8,16H,2,9H2,1H3,(H,22,23)(H2,21,24,26). The van der Waals surface area contributed by atoms with Crippen molar-refractivity contribution in [3.8, 4) is 0 Å². The van der Waals surface area contributed by atoms with E-state index in [1.807, 2.05) is 6.07 Å². The smallest absolute Gasteiger partial charge is 0.338 e. The Morgan fingerprint density at radius 3 is 3.00 bits per heavy atom. The van der Waals surface area contributed by atoms with Crippen LogP contribution in [0.5, 0.6) is 0 Å². The second-order valence-electron chi connectivity index (χ2n) is 6.15. The molecule has 2 amide bonds. The maximum atomic E-state index is 12.7. The summed E-state index contributed by atoms with van der Waals surface area (Å²) in [6, 6.07) is 7.61. The summed E-state index contributed by atoms with van der Waals surface area (Å²) in [5, 5.41) is 6.68. The van der Waals surface area contributed by atoms with Gasteiger partial charge in [0.1, 0.15) is 11.8 Å². The van der Waals surface area contributed by atoms with Gasteiger partial charge in [0.25, 0.3) is 0 Å². The summed E-state index contributed by atoms with van der Waals surface area (Å²) in [4.78, 5) is 32.5. The molecule has 1 unspecified atom stereocenters. The van der Waals surface area contributed by atoms with E-state index in [0.717, 1.165) is 11.0 Å². The number of halogens is 1. The number of aromatic amines is 1. The van der Waals surface area contributed by atoms with Crippen molar-refractivity contribution < 1.29 is 18.7 Å². The van der Waals surface area contributed by atoms with E-state index < -0.39 is 18.0 Å². The summed E-state index contributed by atoms with van der Waals surface area (Å²) in [6.07, 6.45) is 1.49. The number of thioether (sulfide) groups is 1. The summed E-state index contributed by atoms with van der Waals surface area (Å²) < 4.78 is 10.6. The van der Waals surface area contributed by atoms with Crippen molar-refractivity contribution in [2.24, 2.45) is 0 Å². The number of ether oxygens (including phenoxy) is 1. The number of benzene rings is 1. The Morgan fingerprint density at radius 1 is 1.38 bits per heavy atom. The van der Waals surface area contributed by atoms with E-state index >= 15 is 0 Å². The van der Waals surface area contributed by atoms with Crippen molar-refractivity contribution in [2.75, 3.05) is 12.4 Å². The molecule has 4 rings (SSSR count). The summed E-state index contributed by atoms with van der Waals surface area (Å²) in [7, 11) is 0. The van der Waals surface area contributed by atoms with E-state index in [4.69, 9.17) is 20.8 Å². The molecule has 1 atom stereocenters. The van der Waals surface area contributed by atoms with Crippen molar-refractivity contribution in [1.82, 2.24) is 20.6 Å².